The van der Waals surface area contributed by atoms with Crippen LogP contribution in [0, 0.1) is 5.92 Å². The van der Waals surface area contributed by atoms with Gasteiger partial charge in [-0.25, -0.2) is 0 Å². The second-order valence-electron chi connectivity index (χ2n) is 5.51. The van der Waals surface area contributed by atoms with E-state index in [9.17, 15) is 4.79 Å². The van der Waals surface area contributed by atoms with Gasteiger partial charge in [-0.2, -0.15) is 0 Å². The van der Waals surface area contributed by atoms with Crippen molar-refractivity contribution >= 4 is 5.97 Å². The maximum atomic E-state index is 10.8. The van der Waals surface area contributed by atoms with E-state index < -0.39 is 5.97 Å². The highest BCUT2D eigenvalue weighted by Gasteiger charge is 2.44. The molecule has 2 rings (SSSR count). The number of hydrogen-bond donors (Lipinski definition) is 1. The van der Waals surface area contributed by atoms with Crippen LogP contribution in [0.5, 0.6) is 0 Å². The number of aromatic nitrogens is 1. The molecule has 0 saturated heterocycles. The summed E-state index contributed by atoms with van der Waals surface area (Å²) in [7, 11) is 0. The largest absolute Gasteiger partial charge is 0.481 e. The van der Waals surface area contributed by atoms with Crippen molar-refractivity contribution in [2.75, 3.05) is 0 Å². The maximum Gasteiger partial charge on any atom is 0.307 e. The second-order valence-corrected chi connectivity index (χ2v) is 5.51. The van der Waals surface area contributed by atoms with E-state index in [0.29, 0.717) is 0 Å². The zero-order valence-electron chi connectivity index (χ0n) is 9.90. The van der Waals surface area contributed by atoms with E-state index in [-0.39, 0.29) is 17.3 Å². The van der Waals surface area contributed by atoms with E-state index in [0.717, 1.165) is 17.7 Å². The van der Waals surface area contributed by atoms with Crippen LogP contribution in [0.2, 0.25) is 0 Å². The minimum absolute atomic E-state index is 0.0499. The Morgan fingerprint density at radius 1 is 1.44 bits per heavy atom. The van der Waals surface area contributed by atoms with Gasteiger partial charge < -0.3 is 5.11 Å². The summed E-state index contributed by atoms with van der Waals surface area (Å²) in [4.78, 5) is 15.2. The molecule has 0 radical (unpaired) electrons. The zero-order chi connectivity index (χ0) is 11.9. The van der Waals surface area contributed by atoms with Gasteiger partial charge in [0.1, 0.15) is 0 Å². The Morgan fingerprint density at radius 2 is 2.12 bits per heavy atom. The summed E-state index contributed by atoms with van der Waals surface area (Å²) >= 11 is 0. The van der Waals surface area contributed by atoms with E-state index in [1.807, 2.05) is 18.3 Å². The van der Waals surface area contributed by atoms with Gasteiger partial charge in [0, 0.05) is 17.3 Å². The quantitative estimate of drug-likeness (QED) is 0.831. The lowest BCUT2D eigenvalue weighted by Crippen LogP contribution is -2.13. The lowest BCUT2D eigenvalue weighted by atomic mass is 9.91. The van der Waals surface area contributed by atoms with Crippen LogP contribution in [0.4, 0.5) is 0 Å². The molecule has 3 nitrogen and oxygen atoms in total. The fourth-order valence-electron chi connectivity index (χ4n) is 1.90. The number of pyridine rings is 1. The molecule has 0 bridgehead atoms. The third-order valence-corrected chi connectivity index (χ3v) is 3.09. The van der Waals surface area contributed by atoms with Crippen LogP contribution in [0.25, 0.3) is 0 Å². The highest BCUT2D eigenvalue weighted by Crippen LogP contribution is 2.47. The van der Waals surface area contributed by atoms with Crippen LogP contribution >= 0.6 is 0 Å². The molecule has 1 aliphatic carbocycles. The monoisotopic (exact) mass is 219 g/mol. The predicted octanol–water partition coefficient (Wildman–Crippen LogP) is 2.57. The smallest absolute Gasteiger partial charge is 0.307 e. The van der Waals surface area contributed by atoms with Gasteiger partial charge in [-0.3, -0.25) is 9.78 Å². The maximum absolute atomic E-state index is 10.8. The van der Waals surface area contributed by atoms with Gasteiger partial charge in [0.2, 0.25) is 0 Å². The molecule has 0 aromatic carbocycles. The van der Waals surface area contributed by atoms with Crippen molar-refractivity contribution in [2.45, 2.75) is 38.5 Å². The van der Waals surface area contributed by atoms with Gasteiger partial charge in [0.25, 0.3) is 0 Å². The molecule has 3 heteroatoms. The summed E-state index contributed by atoms with van der Waals surface area (Å²) in [5.41, 5.74) is 2.15. The van der Waals surface area contributed by atoms with Gasteiger partial charge >= 0.3 is 5.97 Å². The van der Waals surface area contributed by atoms with Crippen molar-refractivity contribution in [2.24, 2.45) is 5.92 Å². The third-order valence-electron chi connectivity index (χ3n) is 3.09. The fraction of sp³-hybridized carbons (Fsp3) is 0.538. The normalized spacial score (nSPS) is 24.2. The lowest BCUT2D eigenvalue weighted by Gasteiger charge is -2.17. The van der Waals surface area contributed by atoms with Crippen molar-refractivity contribution in [1.82, 2.24) is 4.98 Å². The highest BCUT2D eigenvalue weighted by molar-refractivity contribution is 5.75. The van der Waals surface area contributed by atoms with Crippen molar-refractivity contribution in [3.8, 4) is 0 Å². The zero-order valence-corrected chi connectivity index (χ0v) is 9.90. The number of carboxylic acids is 1. The Kier molecular flexibility index (Phi) is 2.49. The number of carbonyl (C=O) groups is 1. The first kappa shape index (κ1) is 11.1. The third kappa shape index (κ3) is 2.08. The van der Waals surface area contributed by atoms with Crippen LogP contribution in [0.1, 0.15) is 44.4 Å². The number of rotatable bonds is 2. The molecule has 1 aromatic heterocycles. The number of hydrogen-bond acceptors (Lipinski definition) is 2. The lowest BCUT2D eigenvalue weighted by molar-refractivity contribution is -0.138. The Bertz CT molecular complexity index is 403. The summed E-state index contributed by atoms with van der Waals surface area (Å²) in [5, 5.41) is 8.85. The molecule has 0 aliphatic heterocycles. The van der Waals surface area contributed by atoms with Crippen molar-refractivity contribution in [3.05, 3.63) is 29.6 Å². The van der Waals surface area contributed by atoms with E-state index in [4.69, 9.17) is 5.11 Å². The first-order valence-corrected chi connectivity index (χ1v) is 5.59. The van der Waals surface area contributed by atoms with Crippen LogP contribution in [0.15, 0.2) is 18.3 Å². The minimum atomic E-state index is -0.690. The highest BCUT2D eigenvalue weighted by atomic mass is 16.4. The van der Waals surface area contributed by atoms with Gasteiger partial charge in [-0.05, 0) is 24.0 Å². The van der Waals surface area contributed by atoms with Gasteiger partial charge in [0.05, 0.1) is 5.92 Å². The number of nitrogens with zero attached hydrogens (tertiary/aromatic N) is 1. The Labute approximate surface area is 95.5 Å². The summed E-state index contributed by atoms with van der Waals surface area (Å²) < 4.78 is 0. The van der Waals surface area contributed by atoms with Crippen LogP contribution in [0.3, 0.4) is 0 Å². The summed E-state index contributed by atoms with van der Waals surface area (Å²) in [6.45, 7) is 6.35. The molecule has 16 heavy (non-hydrogen) atoms. The van der Waals surface area contributed by atoms with Crippen LogP contribution < -0.4 is 0 Å². The van der Waals surface area contributed by atoms with Crippen LogP contribution in [-0.4, -0.2) is 16.1 Å². The molecule has 1 heterocycles. The number of aliphatic carboxylic acids is 1. The van der Waals surface area contributed by atoms with E-state index >= 15 is 0 Å². The molecule has 0 spiro atoms. The first-order valence-electron chi connectivity index (χ1n) is 5.59. The molecule has 1 aromatic rings. The first-order chi connectivity index (χ1) is 7.39. The van der Waals surface area contributed by atoms with Crippen molar-refractivity contribution < 1.29 is 9.90 Å². The summed E-state index contributed by atoms with van der Waals surface area (Å²) in [6.07, 6.45) is 2.58. The second kappa shape index (κ2) is 3.58. The van der Waals surface area contributed by atoms with Gasteiger partial charge in [-0.15, -0.1) is 0 Å². The average molecular weight is 219 g/mol. The van der Waals surface area contributed by atoms with E-state index in [1.165, 1.54) is 0 Å². The average Bonchev–Trinajstić information content (AvgIpc) is 2.96. The van der Waals surface area contributed by atoms with Gasteiger partial charge in [-0.1, -0.05) is 26.8 Å². The SMILES string of the molecule is CC(C)(C)c1ccc(C2CC2C(=O)O)cn1. The minimum Gasteiger partial charge on any atom is -0.481 e. The molecule has 0 amide bonds. The molecule has 86 valence electrons. The van der Waals surface area contributed by atoms with E-state index in [1.54, 1.807) is 0 Å². The molecular formula is C13H17NO2. The fourth-order valence-corrected chi connectivity index (χ4v) is 1.90. The predicted molar refractivity (Wildman–Crippen MR) is 61.4 cm³/mol. The molecule has 1 N–H and O–H groups in total. The standard InChI is InChI=1S/C13H17NO2/c1-13(2,3)11-5-4-8(7-14-11)9-6-10(9)12(15)16/h4-5,7,9-10H,6H2,1-3H3,(H,15,16). The molecule has 2 unspecified atom stereocenters. The van der Waals surface area contributed by atoms with Crippen molar-refractivity contribution in [1.29, 1.82) is 0 Å². The molecule has 2 atom stereocenters. The molecule has 1 fully saturated rings. The Hall–Kier alpha value is -1.38. The van der Waals surface area contributed by atoms with E-state index in [2.05, 4.69) is 25.8 Å². The Morgan fingerprint density at radius 3 is 2.50 bits per heavy atom. The topological polar surface area (TPSA) is 50.2 Å². The Balaban J connectivity index is 2.13. The summed E-state index contributed by atoms with van der Waals surface area (Å²) in [6, 6.07) is 4.02. The summed E-state index contributed by atoms with van der Waals surface area (Å²) in [5.74, 6) is -0.703. The number of carboxylic acid groups (broad SMARTS) is 1. The molecule has 1 aliphatic rings. The molecule has 1 saturated carbocycles. The van der Waals surface area contributed by atoms with Crippen molar-refractivity contribution in [3.63, 3.8) is 0 Å². The van der Waals surface area contributed by atoms with Crippen LogP contribution in [-0.2, 0) is 10.2 Å². The van der Waals surface area contributed by atoms with Gasteiger partial charge in [0.15, 0.2) is 0 Å². The molecular weight excluding hydrogens is 202 g/mol.